The third-order valence-electron chi connectivity index (χ3n) is 10.5. The average molecular weight is 667 g/mol. The van der Waals surface area contributed by atoms with Crippen molar-refractivity contribution in [3.63, 3.8) is 0 Å². The van der Waals surface area contributed by atoms with E-state index in [4.69, 9.17) is 11.4 Å². The lowest BCUT2D eigenvalue weighted by molar-refractivity contribution is -0.0923. The Bertz CT molecular complexity index is 517. The standard InChI is InChI=1S/3C14H29O.Al/c3*1-4-6-8-10-12-14(3,15)13-11-9-7-5-2;/h3*4-13H2,1-3H3;/q3*-1;+3. The molecule has 0 unspecified atom stereocenters. The lowest BCUT2D eigenvalue weighted by Gasteiger charge is -2.41. The minimum atomic E-state index is -2.46. The van der Waals surface area contributed by atoms with Gasteiger partial charge in [-0.15, -0.1) is 0 Å². The van der Waals surface area contributed by atoms with Gasteiger partial charge in [0.25, 0.3) is 0 Å². The third kappa shape index (κ3) is 25.4. The zero-order valence-corrected chi connectivity index (χ0v) is 34.7. The smallest absolute Gasteiger partial charge is 0.449 e. The van der Waals surface area contributed by atoms with E-state index in [1.54, 1.807) is 0 Å². The number of unbranched alkanes of at least 4 members (excludes halogenated alkanes) is 18. The van der Waals surface area contributed by atoms with Crippen LogP contribution in [0.1, 0.15) is 255 Å². The molecule has 0 fully saturated rings. The van der Waals surface area contributed by atoms with Crippen LogP contribution in [-0.2, 0) is 11.4 Å². The molecule has 0 N–H and O–H groups in total. The van der Waals surface area contributed by atoms with Gasteiger partial charge in [-0.3, -0.25) is 0 Å². The Hall–Kier alpha value is 0.412. The van der Waals surface area contributed by atoms with E-state index in [1.165, 1.54) is 154 Å². The van der Waals surface area contributed by atoms with Crippen LogP contribution in [0.4, 0.5) is 0 Å². The second-order valence-electron chi connectivity index (χ2n) is 15.9. The number of hydrogen-bond acceptors (Lipinski definition) is 3. The Labute approximate surface area is 297 Å². The molecule has 0 saturated heterocycles. The zero-order valence-electron chi connectivity index (χ0n) is 33.5. The van der Waals surface area contributed by atoms with Crippen molar-refractivity contribution in [2.24, 2.45) is 0 Å². The Morgan fingerprint density at radius 2 is 0.457 bits per heavy atom. The highest BCUT2D eigenvalue weighted by atomic mass is 27.3. The Kier molecular flexibility index (Phi) is 30.5. The van der Waals surface area contributed by atoms with Gasteiger partial charge < -0.3 is 11.4 Å². The van der Waals surface area contributed by atoms with E-state index in [0.717, 1.165) is 38.5 Å². The molecule has 0 saturated carbocycles. The fourth-order valence-corrected chi connectivity index (χ4v) is 9.30. The summed E-state index contributed by atoms with van der Waals surface area (Å²) in [6.45, 7) is 21.1. The van der Waals surface area contributed by atoms with Gasteiger partial charge in [0.05, 0.1) is 0 Å². The van der Waals surface area contributed by atoms with Gasteiger partial charge in [-0.2, -0.15) is 0 Å². The fraction of sp³-hybridized carbons (Fsp3) is 1.00. The molecule has 0 aromatic rings. The fourth-order valence-electron chi connectivity index (χ4n) is 7.05. The Morgan fingerprint density at radius 3 is 0.609 bits per heavy atom. The molecule has 46 heavy (non-hydrogen) atoms. The molecule has 0 aromatic carbocycles. The van der Waals surface area contributed by atoms with Gasteiger partial charge in [0, 0.05) is 16.8 Å². The summed E-state index contributed by atoms with van der Waals surface area (Å²) in [5, 5.41) is 0. The summed E-state index contributed by atoms with van der Waals surface area (Å²) in [7, 11) is 0. The summed E-state index contributed by atoms with van der Waals surface area (Å²) in [5.41, 5.74) is -0.473. The lowest BCUT2D eigenvalue weighted by atomic mass is 9.92. The molecule has 0 aliphatic heterocycles. The molecule has 3 nitrogen and oxygen atoms in total. The van der Waals surface area contributed by atoms with E-state index < -0.39 is 15.1 Å². The van der Waals surface area contributed by atoms with Crippen LogP contribution in [0.15, 0.2) is 0 Å². The third-order valence-corrected chi connectivity index (χ3v) is 12.8. The molecular weight excluding hydrogens is 579 g/mol. The average Bonchev–Trinajstić information content (AvgIpc) is 3.02. The van der Waals surface area contributed by atoms with Crippen LogP contribution in [0, 0.1) is 0 Å². The van der Waals surface area contributed by atoms with Crippen LogP contribution >= 0.6 is 0 Å². The minimum Gasteiger partial charge on any atom is -0.449 e. The monoisotopic (exact) mass is 667 g/mol. The van der Waals surface area contributed by atoms with Crippen LogP contribution in [0.2, 0.25) is 0 Å². The maximum absolute atomic E-state index is 7.39. The van der Waals surface area contributed by atoms with Crippen LogP contribution in [-0.4, -0.2) is 32.0 Å². The van der Waals surface area contributed by atoms with Gasteiger partial charge in [0.2, 0.25) is 0 Å². The highest BCUT2D eigenvalue weighted by Gasteiger charge is 2.48. The molecule has 0 bridgehead atoms. The summed E-state index contributed by atoms with van der Waals surface area (Å²) in [4.78, 5) is 0. The second kappa shape index (κ2) is 30.3. The first kappa shape index (κ1) is 46.4. The predicted molar refractivity (Wildman–Crippen MR) is 207 cm³/mol. The van der Waals surface area contributed by atoms with Crippen molar-refractivity contribution in [1.29, 1.82) is 0 Å². The number of hydrogen-bond donors (Lipinski definition) is 0. The van der Waals surface area contributed by atoms with E-state index in [-0.39, 0.29) is 16.8 Å². The molecule has 0 aliphatic carbocycles. The summed E-state index contributed by atoms with van der Waals surface area (Å²) in [6, 6.07) is 0. The molecule has 0 aliphatic rings. The molecule has 4 heteroatoms. The van der Waals surface area contributed by atoms with Gasteiger partial charge in [-0.25, -0.2) is 0 Å². The van der Waals surface area contributed by atoms with Gasteiger partial charge in [-0.1, -0.05) is 196 Å². The van der Waals surface area contributed by atoms with Crippen molar-refractivity contribution in [1.82, 2.24) is 0 Å². The summed E-state index contributed by atoms with van der Waals surface area (Å²) in [6.07, 6.45) is 37.7. The van der Waals surface area contributed by atoms with Crippen molar-refractivity contribution in [2.45, 2.75) is 272 Å². The molecule has 0 amide bonds. The first-order chi connectivity index (χ1) is 22.1. The molecule has 0 radical (unpaired) electrons. The molecule has 0 rings (SSSR count). The second-order valence-corrected chi connectivity index (χ2v) is 17.1. The summed E-state index contributed by atoms with van der Waals surface area (Å²) >= 11 is -2.46. The lowest BCUT2D eigenvalue weighted by Crippen LogP contribution is -2.49. The van der Waals surface area contributed by atoms with Gasteiger partial charge in [0.1, 0.15) is 0 Å². The van der Waals surface area contributed by atoms with E-state index in [9.17, 15) is 0 Å². The van der Waals surface area contributed by atoms with E-state index in [2.05, 4.69) is 62.3 Å². The summed E-state index contributed by atoms with van der Waals surface area (Å²) < 4.78 is 22.2. The molecule has 276 valence electrons. The minimum absolute atomic E-state index is 0.158. The highest BCUT2D eigenvalue weighted by molar-refractivity contribution is 6.36. The van der Waals surface area contributed by atoms with Crippen molar-refractivity contribution < 1.29 is 11.4 Å². The van der Waals surface area contributed by atoms with Crippen molar-refractivity contribution >= 4 is 15.1 Å². The Balaban J connectivity index is 6.31. The van der Waals surface area contributed by atoms with Crippen LogP contribution in [0.3, 0.4) is 0 Å². The summed E-state index contributed by atoms with van der Waals surface area (Å²) in [5.74, 6) is 0. The maximum atomic E-state index is 7.39. The topological polar surface area (TPSA) is 27.7 Å². The quantitative estimate of drug-likeness (QED) is 0.0492. The van der Waals surface area contributed by atoms with Crippen LogP contribution < -0.4 is 0 Å². The molecule has 0 aromatic heterocycles. The van der Waals surface area contributed by atoms with Gasteiger partial charge in [0.15, 0.2) is 0 Å². The molecule has 0 atom stereocenters. The SMILES string of the molecule is CCCCCCC(C)(CCCCCC)[O][Al]([O]C(C)(CCCCCC)CCCCCC)[O]C(C)(CCCCCC)CCCCCC. The van der Waals surface area contributed by atoms with E-state index in [1.807, 2.05) is 0 Å². The largest absolute Gasteiger partial charge is 0.906 e. The first-order valence-electron chi connectivity index (χ1n) is 21.2. The molecule has 0 heterocycles. The van der Waals surface area contributed by atoms with Crippen LogP contribution in [0.25, 0.3) is 0 Å². The van der Waals surface area contributed by atoms with E-state index >= 15 is 0 Å². The molecular formula is C42H87AlO3. The van der Waals surface area contributed by atoms with Gasteiger partial charge >= 0.3 is 15.1 Å². The van der Waals surface area contributed by atoms with Gasteiger partial charge in [-0.05, 0) is 59.3 Å². The number of rotatable bonds is 36. The van der Waals surface area contributed by atoms with Crippen molar-refractivity contribution in [2.75, 3.05) is 0 Å². The van der Waals surface area contributed by atoms with Crippen LogP contribution in [0.5, 0.6) is 0 Å². The molecule has 0 spiro atoms. The van der Waals surface area contributed by atoms with E-state index in [0.29, 0.717) is 0 Å². The predicted octanol–water partition coefficient (Wildman–Crippen LogP) is 15.1. The first-order valence-corrected chi connectivity index (χ1v) is 22.6. The normalized spacial score (nSPS) is 12.7. The van der Waals surface area contributed by atoms with Crippen molar-refractivity contribution in [3.8, 4) is 0 Å². The van der Waals surface area contributed by atoms with Crippen molar-refractivity contribution in [3.05, 3.63) is 0 Å². The highest BCUT2D eigenvalue weighted by Crippen LogP contribution is 2.36. The maximum Gasteiger partial charge on any atom is 0.906 e. The Morgan fingerprint density at radius 1 is 0.283 bits per heavy atom. The zero-order chi connectivity index (χ0) is 34.4.